The van der Waals surface area contributed by atoms with Crippen molar-refractivity contribution in [2.45, 2.75) is 19.9 Å². The van der Waals surface area contributed by atoms with Crippen LogP contribution in [0.4, 0.5) is 5.82 Å². The van der Waals surface area contributed by atoms with Crippen LogP contribution in [0.15, 0.2) is 59.6 Å². The molecule has 0 amide bonds. The number of thiophene rings is 1. The number of fused-ring (bicyclic) bond motifs is 1. The van der Waals surface area contributed by atoms with Crippen LogP contribution in [0, 0.1) is 0 Å². The number of nitrogens with one attached hydrogen (secondary N) is 1. The molecule has 0 aliphatic carbocycles. The van der Waals surface area contributed by atoms with Crippen molar-refractivity contribution in [1.29, 1.82) is 0 Å². The molecule has 1 N–H and O–H groups in total. The van der Waals surface area contributed by atoms with Crippen molar-refractivity contribution in [2.75, 3.05) is 5.32 Å². The fraction of sp³-hybridized carbons (Fsp3) is 0.150. The number of hydrogen-bond acceptors (Lipinski definition) is 5. The molecule has 3 heterocycles. The van der Waals surface area contributed by atoms with Gasteiger partial charge in [-0.25, -0.2) is 9.97 Å². The van der Waals surface area contributed by atoms with Crippen molar-refractivity contribution in [1.82, 2.24) is 15.0 Å². The van der Waals surface area contributed by atoms with Crippen LogP contribution in [0.1, 0.15) is 17.4 Å². The third kappa shape index (κ3) is 3.34. The van der Waals surface area contributed by atoms with Gasteiger partial charge < -0.3 is 5.32 Å². The van der Waals surface area contributed by atoms with Crippen molar-refractivity contribution < 1.29 is 0 Å². The maximum atomic E-state index is 4.53. The predicted molar refractivity (Wildman–Crippen MR) is 111 cm³/mol. The standard InChI is InChI=1S/C20H17BrN4S/c1-2-16-17(14-5-7-15(21)8-6-14)18-19(24-12-25-20(18)26-16)23-11-13-4-3-9-22-10-13/h3-10,12H,2,11H2,1H3,(H,23,24,25). The van der Waals surface area contributed by atoms with Gasteiger partial charge in [-0.2, -0.15) is 0 Å². The summed E-state index contributed by atoms with van der Waals surface area (Å²) in [6.45, 7) is 2.86. The van der Waals surface area contributed by atoms with E-state index in [1.165, 1.54) is 16.0 Å². The van der Waals surface area contributed by atoms with Crippen LogP contribution in [0.25, 0.3) is 21.3 Å². The second kappa shape index (κ2) is 7.51. The minimum Gasteiger partial charge on any atom is -0.365 e. The Labute approximate surface area is 164 Å². The van der Waals surface area contributed by atoms with E-state index in [0.29, 0.717) is 6.54 Å². The molecule has 0 bridgehead atoms. The number of hydrogen-bond donors (Lipinski definition) is 1. The monoisotopic (exact) mass is 424 g/mol. The zero-order valence-electron chi connectivity index (χ0n) is 14.2. The Hall–Kier alpha value is -2.31. The molecule has 4 aromatic rings. The molecule has 6 heteroatoms. The highest BCUT2D eigenvalue weighted by atomic mass is 79.9. The number of rotatable bonds is 5. The van der Waals surface area contributed by atoms with Gasteiger partial charge in [0.05, 0.1) is 5.39 Å². The van der Waals surface area contributed by atoms with Gasteiger partial charge in [-0.15, -0.1) is 11.3 Å². The molecule has 4 nitrogen and oxygen atoms in total. The topological polar surface area (TPSA) is 50.7 Å². The van der Waals surface area contributed by atoms with Crippen molar-refractivity contribution in [3.8, 4) is 11.1 Å². The average molecular weight is 425 g/mol. The largest absolute Gasteiger partial charge is 0.365 e. The Kier molecular flexibility index (Phi) is 4.95. The number of aromatic nitrogens is 3. The molecule has 26 heavy (non-hydrogen) atoms. The van der Waals surface area contributed by atoms with Crippen LogP contribution in [0.5, 0.6) is 0 Å². The van der Waals surface area contributed by atoms with Crippen molar-refractivity contribution in [3.63, 3.8) is 0 Å². The SMILES string of the molecule is CCc1sc2ncnc(NCc3cccnc3)c2c1-c1ccc(Br)cc1. The summed E-state index contributed by atoms with van der Waals surface area (Å²) < 4.78 is 1.07. The minimum absolute atomic E-state index is 0.678. The molecule has 0 saturated heterocycles. The van der Waals surface area contributed by atoms with Crippen LogP contribution in [-0.2, 0) is 13.0 Å². The quantitative estimate of drug-likeness (QED) is 0.446. The minimum atomic E-state index is 0.678. The molecule has 1 aromatic carbocycles. The first-order valence-electron chi connectivity index (χ1n) is 8.41. The Morgan fingerprint density at radius 2 is 1.96 bits per heavy atom. The van der Waals surface area contributed by atoms with E-state index >= 15 is 0 Å². The summed E-state index contributed by atoms with van der Waals surface area (Å²) in [5.74, 6) is 0.868. The summed E-state index contributed by atoms with van der Waals surface area (Å²) in [6, 6.07) is 12.4. The van der Waals surface area contributed by atoms with E-state index in [2.05, 4.69) is 73.5 Å². The van der Waals surface area contributed by atoms with E-state index in [1.807, 2.05) is 12.3 Å². The Balaban J connectivity index is 1.81. The molecule has 0 unspecified atom stereocenters. The highest BCUT2D eigenvalue weighted by molar-refractivity contribution is 9.10. The van der Waals surface area contributed by atoms with Crippen LogP contribution in [0.2, 0.25) is 0 Å². The summed E-state index contributed by atoms with van der Waals surface area (Å²) in [5, 5.41) is 4.57. The van der Waals surface area contributed by atoms with Gasteiger partial charge in [0.15, 0.2) is 0 Å². The maximum Gasteiger partial charge on any atom is 0.139 e. The average Bonchev–Trinajstić information content (AvgIpc) is 3.07. The summed E-state index contributed by atoms with van der Waals surface area (Å²) in [7, 11) is 0. The second-order valence-electron chi connectivity index (χ2n) is 5.88. The van der Waals surface area contributed by atoms with Crippen LogP contribution in [-0.4, -0.2) is 15.0 Å². The first-order valence-corrected chi connectivity index (χ1v) is 10.0. The summed E-state index contributed by atoms with van der Waals surface area (Å²) in [5.41, 5.74) is 3.54. The van der Waals surface area contributed by atoms with Crippen molar-refractivity contribution in [2.24, 2.45) is 0 Å². The van der Waals surface area contributed by atoms with Gasteiger partial charge in [0.1, 0.15) is 17.0 Å². The van der Waals surface area contributed by atoms with Crippen LogP contribution >= 0.6 is 27.3 Å². The van der Waals surface area contributed by atoms with Gasteiger partial charge in [-0.05, 0) is 35.7 Å². The molecule has 0 fully saturated rings. The molecule has 0 atom stereocenters. The fourth-order valence-electron chi connectivity index (χ4n) is 2.97. The number of benzene rings is 1. The molecule has 0 aliphatic heterocycles. The Morgan fingerprint density at radius 1 is 1.12 bits per heavy atom. The van der Waals surface area contributed by atoms with E-state index in [-0.39, 0.29) is 0 Å². The molecule has 0 aliphatic rings. The molecular formula is C20H17BrN4S. The lowest BCUT2D eigenvalue weighted by Crippen LogP contribution is -2.02. The second-order valence-corrected chi connectivity index (χ2v) is 7.88. The lowest BCUT2D eigenvalue weighted by Gasteiger charge is -2.09. The summed E-state index contributed by atoms with van der Waals surface area (Å²) in [4.78, 5) is 15.6. The molecule has 4 rings (SSSR count). The predicted octanol–water partition coefficient (Wildman–Crippen LogP) is 5.69. The third-order valence-corrected chi connectivity index (χ3v) is 5.97. The molecule has 0 saturated carbocycles. The number of halogens is 1. The Morgan fingerprint density at radius 3 is 2.69 bits per heavy atom. The van der Waals surface area contributed by atoms with Crippen LogP contribution < -0.4 is 5.32 Å². The first-order chi connectivity index (χ1) is 12.8. The Bertz CT molecular complexity index is 1030. The van der Waals surface area contributed by atoms with Crippen molar-refractivity contribution in [3.05, 3.63) is 70.0 Å². The number of anilines is 1. The normalized spacial score (nSPS) is 11.0. The van der Waals surface area contributed by atoms with E-state index < -0.39 is 0 Å². The lowest BCUT2D eigenvalue weighted by atomic mass is 10.0. The number of nitrogens with zero attached hydrogens (tertiary/aromatic N) is 3. The van der Waals surface area contributed by atoms with Gasteiger partial charge in [0.25, 0.3) is 0 Å². The van der Waals surface area contributed by atoms with Crippen molar-refractivity contribution >= 4 is 43.3 Å². The van der Waals surface area contributed by atoms with Gasteiger partial charge in [0, 0.05) is 33.9 Å². The zero-order chi connectivity index (χ0) is 17.9. The van der Waals surface area contributed by atoms with E-state index in [0.717, 1.165) is 32.5 Å². The zero-order valence-corrected chi connectivity index (χ0v) is 16.6. The summed E-state index contributed by atoms with van der Waals surface area (Å²) in [6.07, 6.45) is 6.25. The van der Waals surface area contributed by atoms with Gasteiger partial charge in [-0.1, -0.05) is 41.1 Å². The van der Waals surface area contributed by atoms with Gasteiger partial charge in [0.2, 0.25) is 0 Å². The fourth-order valence-corrected chi connectivity index (χ4v) is 4.34. The molecule has 0 radical (unpaired) electrons. The molecular weight excluding hydrogens is 408 g/mol. The van der Waals surface area contributed by atoms with Gasteiger partial charge >= 0.3 is 0 Å². The highest BCUT2D eigenvalue weighted by Gasteiger charge is 2.18. The highest BCUT2D eigenvalue weighted by Crippen LogP contribution is 2.41. The van der Waals surface area contributed by atoms with E-state index in [1.54, 1.807) is 23.9 Å². The first kappa shape index (κ1) is 17.1. The smallest absolute Gasteiger partial charge is 0.139 e. The van der Waals surface area contributed by atoms with Gasteiger partial charge in [-0.3, -0.25) is 4.98 Å². The molecule has 0 spiro atoms. The van der Waals surface area contributed by atoms with E-state index in [4.69, 9.17) is 0 Å². The summed E-state index contributed by atoms with van der Waals surface area (Å²) >= 11 is 5.26. The van der Waals surface area contributed by atoms with Crippen LogP contribution in [0.3, 0.4) is 0 Å². The molecule has 3 aromatic heterocycles. The number of pyridine rings is 1. The maximum absolute atomic E-state index is 4.53. The molecule has 130 valence electrons. The third-order valence-electron chi connectivity index (χ3n) is 4.20. The van der Waals surface area contributed by atoms with E-state index in [9.17, 15) is 0 Å². The lowest BCUT2D eigenvalue weighted by molar-refractivity contribution is 1.08. The number of aryl methyl sites for hydroxylation is 1.